The van der Waals surface area contributed by atoms with E-state index < -0.39 is 11.2 Å². The van der Waals surface area contributed by atoms with Gasteiger partial charge in [-0.25, -0.2) is 9.18 Å². The molecule has 0 amide bonds. The number of hydrogen-bond acceptors (Lipinski definition) is 6. The summed E-state index contributed by atoms with van der Waals surface area (Å²) in [5, 5.41) is 4.01. The van der Waals surface area contributed by atoms with Crippen molar-refractivity contribution in [2.75, 3.05) is 13.6 Å². The molecule has 196 valence electrons. The van der Waals surface area contributed by atoms with E-state index in [0.717, 1.165) is 33.9 Å². The van der Waals surface area contributed by atoms with Gasteiger partial charge in [0.2, 0.25) is 0 Å². The lowest BCUT2D eigenvalue weighted by Crippen LogP contribution is -2.30. The number of ether oxygens (including phenoxy) is 1. The molecule has 0 atom stereocenters. The Morgan fingerprint density at radius 2 is 1.82 bits per heavy atom. The molecule has 0 radical (unpaired) electrons. The van der Waals surface area contributed by atoms with Crippen LogP contribution in [0.1, 0.15) is 27.0 Å². The summed E-state index contributed by atoms with van der Waals surface area (Å²) in [7, 11) is 1.93. The highest BCUT2D eigenvalue weighted by Crippen LogP contribution is 2.38. The highest BCUT2D eigenvalue weighted by Gasteiger charge is 2.15. The van der Waals surface area contributed by atoms with Gasteiger partial charge in [-0.15, -0.1) is 0 Å². The molecule has 0 saturated carbocycles. The van der Waals surface area contributed by atoms with E-state index in [2.05, 4.69) is 10.1 Å². The van der Waals surface area contributed by atoms with Gasteiger partial charge in [0, 0.05) is 18.7 Å². The van der Waals surface area contributed by atoms with E-state index in [1.54, 1.807) is 24.3 Å². The third-order valence-corrected chi connectivity index (χ3v) is 6.48. The molecule has 1 N–H and O–H groups in total. The van der Waals surface area contributed by atoms with Crippen LogP contribution in [0, 0.1) is 12.7 Å². The van der Waals surface area contributed by atoms with Gasteiger partial charge >= 0.3 is 5.69 Å². The van der Waals surface area contributed by atoms with Crippen molar-refractivity contribution in [3.05, 3.63) is 114 Å². The van der Waals surface area contributed by atoms with Crippen molar-refractivity contribution >= 4 is 29.5 Å². The molecule has 4 aromatic rings. The quantitative estimate of drug-likeness (QED) is 0.293. The normalized spacial score (nSPS) is 11.1. The minimum atomic E-state index is -0.745. The van der Waals surface area contributed by atoms with Gasteiger partial charge < -0.3 is 9.64 Å². The molecule has 0 aliphatic rings. The van der Waals surface area contributed by atoms with Gasteiger partial charge in [0.05, 0.1) is 15.7 Å². The SMILES string of the molecule is Cc1ccc(F)cc1CN(C)CCc1cc(Oc2c(Cl)cc(-n3ncc(=O)[nH]c3=O)cc2Cl)ccc1C=O. The van der Waals surface area contributed by atoms with Gasteiger partial charge in [0.15, 0.2) is 5.75 Å². The first kappa shape index (κ1) is 27.3. The van der Waals surface area contributed by atoms with Gasteiger partial charge in [0.1, 0.15) is 24.0 Å². The minimum Gasteiger partial charge on any atom is -0.454 e. The lowest BCUT2D eigenvalue weighted by atomic mass is 10.0. The number of likely N-dealkylation sites (N-methyl/N-ethyl adjacent to an activating group) is 1. The van der Waals surface area contributed by atoms with Crippen LogP contribution < -0.4 is 16.0 Å². The molecule has 0 unspecified atom stereocenters. The molecule has 1 aromatic heterocycles. The van der Waals surface area contributed by atoms with Gasteiger partial charge in [-0.05, 0) is 79.5 Å². The molecule has 0 spiro atoms. The lowest BCUT2D eigenvalue weighted by Gasteiger charge is -2.19. The highest BCUT2D eigenvalue weighted by molar-refractivity contribution is 6.37. The van der Waals surface area contributed by atoms with Crippen molar-refractivity contribution in [2.24, 2.45) is 0 Å². The number of aldehydes is 1. The van der Waals surface area contributed by atoms with E-state index in [1.807, 2.05) is 18.9 Å². The highest BCUT2D eigenvalue weighted by atomic mass is 35.5. The zero-order valence-corrected chi connectivity index (χ0v) is 22.0. The molecule has 38 heavy (non-hydrogen) atoms. The standard InChI is InChI=1S/C27H23Cl2FN4O4/c1-16-3-5-20(30)9-19(16)14-33(2)8-7-17-10-22(6-4-18(17)15-35)38-26-23(28)11-21(12-24(26)29)34-27(37)32-25(36)13-31-34/h3-6,9-13,15H,7-8,14H2,1-2H3,(H,32,36,37). The zero-order valence-electron chi connectivity index (χ0n) is 20.5. The number of nitrogens with zero attached hydrogens (tertiary/aromatic N) is 3. The number of hydrogen-bond donors (Lipinski definition) is 1. The van der Waals surface area contributed by atoms with E-state index in [9.17, 15) is 18.8 Å². The third kappa shape index (κ3) is 6.36. The number of benzene rings is 3. The van der Waals surface area contributed by atoms with Crippen LogP contribution in [0.4, 0.5) is 4.39 Å². The molecule has 0 aliphatic carbocycles. The van der Waals surface area contributed by atoms with Gasteiger partial charge in [-0.2, -0.15) is 9.78 Å². The third-order valence-electron chi connectivity index (χ3n) is 5.92. The predicted octanol–water partition coefficient (Wildman–Crippen LogP) is 4.95. The van der Waals surface area contributed by atoms with E-state index >= 15 is 0 Å². The van der Waals surface area contributed by atoms with Gasteiger partial charge in [-0.1, -0.05) is 29.3 Å². The molecule has 8 nitrogen and oxygen atoms in total. The number of carbonyl (C=O) groups is 1. The van der Waals surface area contributed by atoms with Crippen LogP contribution >= 0.6 is 23.2 Å². The Labute approximate surface area is 227 Å². The van der Waals surface area contributed by atoms with Crippen molar-refractivity contribution in [3.63, 3.8) is 0 Å². The first-order chi connectivity index (χ1) is 18.1. The monoisotopic (exact) mass is 556 g/mol. The number of aryl methyl sites for hydroxylation is 1. The Balaban J connectivity index is 1.52. The smallest absolute Gasteiger partial charge is 0.349 e. The maximum absolute atomic E-state index is 13.6. The summed E-state index contributed by atoms with van der Waals surface area (Å²) in [6.07, 6.45) is 2.28. The summed E-state index contributed by atoms with van der Waals surface area (Å²) < 4.78 is 20.5. The molecule has 1 heterocycles. The Hall–Kier alpha value is -3.79. The molecule has 0 saturated heterocycles. The second-order valence-electron chi connectivity index (χ2n) is 8.73. The number of H-pyrrole nitrogens is 1. The van der Waals surface area contributed by atoms with Crippen LogP contribution in [0.3, 0.4) is 0 Å². The fraction of sp³-hybridized carbons (Fsp3) is 0.185. The topological polar surface area (TPSA) is 97.3 Å². The van der Waals surface area contributed by atoms with Crippen LogP contribution in [0.5, 0.6) is 11.5 Å². The maximum atomic E-state index is 13.6. The van der Waals surface area contributed by atoms with E-state index in [0.29, 0.717) is 30.8 Å². The van der Waals surface area contributed by atoms with Crippen LogP contribution in [0.2, 0.25) is 10.0 Å². The Kier molecular flexibility index (Phi) is 8.41. The molecule has 4 rings (SSSR count). The molecular formula is C27H23Cl2FN4O4. The van der Waals surface area contributed by atoms with Crippen molar-refractivity contribution in [1.82, 2.24) is 19.7 Å². The minimum absolute atomic E-state index is 0.110. The lowest BCUT2D eigenvalue weighted by molar-refractivity contribution is 0.112. The van der Waals surface area contributed by atoms with E-state index in [1.165, 1.54) is 24.3 Å². The zero-order chi connectivity index (χ0) is 27.4. The summed E-state index contributed by atoms with van der Waals surface area (Å²) in [6.45, 7) is 3.10. The number of rotatable bonds is 9. The summed E-state index contributed by atoms with van der Waals surface area (Å²) >= 11 is 12.8. The second kappa shape index (κ2) is 11.7. The predicted molar refractivity (Wildman–Crippen MR) is 144 cm³/mol. The van der Waals surface area contributed by atoms with Crippen LogP contribution in [-0.4, -0.2) is 39.5 Å². The summed E-state index contributed by atoms with van der Waals surface area (Å²) in [6, 6.07) is 12.6. The molecule has 0 bridgehead atoms. The first-order valence-corrected chi connectivity index (χ1v) is 12.3. The number of nitrogens with one attached hydrogen (secondary N) is 1. The van der Waals surface area contributed by atoms with Crippen molar-refractivity contribution in [3.8, 4) is 17.2 Å². The van der Waals surface area contributed by atoms with E-state index in [4.69, 9.17) is 27.9 Å². The van der Waals surface area contributed by atoms with Crippen LogP contribution in [0.15, 0.2) is 64.3 Å². The van der Waals surface area contributed by atoms with Crippen molar-refractivity contribution in [2.45, 2.75) is 19.9 Å². The fourth-order valence-electron chi connectivity index (χ4n) is 3.89. The van der Waals surface area contributed by atoms with Gasteiger partial charge in [0.25, 0.3) is 5.56 Å². The van der Waals surface area contributed by atoms with Crippen molar-refractivity contribution in [1.29, 1.82) is 0 Å². The summed E-state index contributed by atoms with van der Waals surface area (Å²) in [5.41, 5.74) is 2.03. The average Bonchev–Trinajstić information content (AvgIpc) is 2.87. The van der Waals surface area contributed by atoms with Crippen LogP contribution in [0.25, 0.3) is 5.69 Å². The van der Waals surface area contributed by atoms with E-state index in [-0.39, 0.29) is 27.3 Å². The van der Waals surface area contributed by atoms with Crippen LogP contribution in [-0.2, 0) is 13.0 Å². The first-order valence-electron chi connectivity index (χ1n) is 11.5. The summed E-state index contributed by atoms with van der Waals surface area (Å²) in [4.78, 5) is 39.2. The average molecular weight is 557 g/mol. The molecule has 11 heteroatoms. The van der Waals surface area contributed by atoms with Gasteiger partial charge in [-0.3, -0.25) is 14.6 Å². The molecule has 3 aromatic carbocycles. The molecule has 0 aliphatic heterocycles. The van der Waals surface area contributed by atoms with Crippen molar-refractivity contribution < 1.29 is 13.9 Å². The Morgan fingerprint density at radius 3 is 2.50 bits per heavy atom. The maximum Gasteiger partial charge on any atom is 0.349 e. The number of carbonyl (C=O) groups excluding carboxylic acids is 1. The number of halogens is 3. The number of aromatic nitrogens is 3. The molecule has 0 fully saturated rings. The Bertz CT molecular complexity index is 1600. The summed E-state index contributed by atoms with van der Waals surface area (Å²) in [5.74, 6) is 0.280. The molecular weight excluding hydrogens is 534 g/mol. The number of aromatic amines is 1. The largest absolute Gasteiger partial charge is 0.454 e. The second-order valence-corrected chi connectivity index (χ2v) is 9.54. The fourth-order valence-corrected chi connectivity index (χ4v) is 4.44. The Morgan fingerprint density at radius 1 is 1.08 bits per heavy atom.